The summed E-state index contributed by atoms with van der Waals surface area (Å²) in [6, 6.07) is 10.6. The number of hydrogen-bond donors (Lipinski definition) is 3. The molecule has 6 nitrogen and oxygen atoms in total. The van der Waals surface area contributed by atoms with Gasteiger partial charge >= 0.3 is 0 Å². The van der Waals surface area contributed by atoms with E-state index in [1.54, 1.807) is 24.3 Å². The molecule has 2 heterocycles. The fraction of sp³-hybridized carbons (Fsp3) is 0.238. The zero-order valence-corrected chi connectivity index (χ0v) is 15.5. The summed E-state index contributed by atoms with van der Waals surface area (Å²) < 4.78 is 33.1. The van der Waals surface area contributed by atoms with E-state index >= 15 is 0 Å². The van der Waals surface area contributed by atoms with Crippen LogP contribution in [0, 0.1) is 11.6 Å². The fourth-order valence-electron chi connectivity index (χ4n) is 3.23. The molecule has 3 N–H and O–H groups in total. The van der Waals surface area contributed by atoms with Gasteiger partial charge in [0.25, 0.3) is 5.91 Å². The maximum Gasteiger partial charge on any atom is 0.251 e. The van der Waals surface area contributed by atoms with E-state index in [0.717, 1.165) is 38.1 Å². The Hall–Kier alpha value is -3.26. The van der Waals surface area contributed by atoms with Gasteiger partial charge in [0.1, 0.15) is 17.2 Å². The number of nitrogens with one attached hydrogen (secondary N) is 3. The van der Waals surface area contributed by atoms with Crippen LogP contribution in [-0.4, -0.2) is 30.0 Å². The first-order chi connectivity index (χ1) is 14.1. The maximum absolute atomic E-state index is 13.9. The molecule has 0 spiro atoms. The average molecular weight is 398 g/mol. The highest BCUT2D eigenvalue weighted by Gasteiger charge is 2.18. The Labute approximate surface area is 166 Å². The Balaban J connectivity index is 1.41. The normalized spacial score (nSPS) is 14.6. The van der Waals surface area contributed by atoms with Crippen LogP contribution in [-0.2, 0) is 0 Å². The van der Waals surface area contributed by atoms with E-state index in [2.05, 4.69) is 20.9 Å². The van der Waals surface area contributed by atoms with Crippen LogP contribution in [0.5, 0.6) is 0 Å². The van der Waals surface area contributed by atoms with Gasteiger partial charge in [-0.25, -0.2) is 13.8 Å². The van der Waals surface area contributed by atoms with E-state index in [1.807, 2.05) is 0 Å². The summed E-state index contributed by atoms with van der Waals surface area (Å²) in [7, 11) is 0. The molecule has 3 aromatic rings. The van der Waals surface area contributed by atoms with Crippen molar-refractivity contribution in [2.24, 2.45) is 0 Å². The molecule has 1 aliphatic heterocycles. The minimum absolute atomic E-state index is 0.111. The van der Waals surface area contributed by atoms with E-state index in [9.17, 15) is 13.6 Å². The van der Waals surface area contributed by atoms with Gasteiger partial charge in [0, 0.05) is 17.3 Å². The number of halogens is 2. The van der Waals surface area contributed by atoms with Crippen LogP contribution in [0.1, 0.15) is 23.2 Å². The zero-order chi connectivity index (χ0) is 20.2. The van der Waals surface area contributed by atoms with Crippen molar-refractivity contribution in [2.75, 3.05) is 18.4 Å². The van der Waals surface area contributed by atoms with Gasteiger partial charge in [-0.2, -0.15) is 0 Å². The number of carbonyl (C=O) groups is 1. The second-order valence-electron chi connectivity index (χ2n) is 6.83. The van der Waals surface area contributed by atoms with Gasteiger partial charge in [-0.3, -0.25) is 4.79 Å². The summed E-state index contributed by atoms with van der Waals surface area (Å²) in [4.78, 5) is 16.3. The first-order valence-corrected chi connectivity index (χ1v) is 9.39. The molecule has 4 rings (SSSR count). The quantitative estimate of drug-likeness (QED) is 0.609. The highest BCUT2D eigenvalue weighted by Crippen LogP contribution is 2.28. The maximum atomic E-state index is 13.9. The van der Waals surface area contributed by atoms with Crippen LogP contribution in [0.3, 0.4) is 0 Å². The molecule has 2 aromatic carbocycles. The molecule has 0 saturated carbocycles. The van der Waals surface area contributed by atoms with Crippen LogP contribution in [0.25, 0.3) is 11.5 Å². The molecular formula is C21H20F2N4O2. The monoisotopic (exact) mass is 398 g/mol. The van der Waals surface area contributed by atoms with E-state index in [4.69, 9.17) is 4.42 Å². The number of nitrogens with zero attached hydrogens (tertiary/aromatic N) is 1. The molecule has 0 atom stereocenters. The highest BCUT2D eigenvalue weighted by atomic mass is 19.1. The van der Waals surface area contributed by atoms with E-state index in [-0.39, 0.29) is 29.3 Å². The summed E-state index contributed by atoms with van der Waals surface area (Å²) in [5.74, 6) is -1.53. The topological polar surface area (TPSA) is 79.2 Å². The number of aromatic nitrogens is 1. The van der Waals surface area contributed by atoms with Gasteiger partial charge in [0.05, 0.1) is 6.20 Å². The molecular weight excluding hydrogens is 378 g/mol. The van der Waals surface area contributed by atoms with Gasteiger partial charge in [-0.05, 0) is 62.3 Å². The first-order valence-electron chi connectivity index (χ1n) is 9.39. The number of carbonyl (C=O) groups excluding carboxylic acids is 1. The Kier molecular flexibility index (Phi) is 5.53. The predicted molar refractivity (Wildman–Crippen MR) is 105 cm³/mol. The standard InChI is InChI=1S/C21H20F2N4O2/c22-16-2-1-3-17(23)19(16)21-25-12-18(29-21)26-14-6-4-13(5-7-14)20(28)27-15-8-10-24-11-9-15/h1-7,12,15,24,26H,8-11H2,(H,27,28). The van der Waals surface area contributed by atoms with Crippen LogP contribution in [0.15, 0.2) is 53.1 Å². The second-order valence-corrected chi connectivity index (χ2v) is 6.83. The molecule has 150 valence electrons. The van der Waals surface area contributed by atoms with Crippen molar-refractivity contribution in [3.05, 3.63) is 65.9 Å². The molecule has 1 saturated heterocycles. The molecule has 0 bridgehead atoms. The van der Waals surface area contributed by atoms with Crippen molar-refractivity contribution in [1.82, 2.24) is 15.6 Å². The number of oxazole rings is 1. The molecule has 1 amide bonds. The van der Waals surface area contributed by atoms with Crippen LogP contribution in [0.2, 0.25) is 0 Å². The number of anilines is 2. The SMILES string of the molecule is O=C(NC1CCNCC1)c1ccc(Nc2cnc(-c3c(F)cccc3F)o2)cc1. The van der Waals surface area contributed by atoms with Crippen molar-refractivity contribution in [3.8, 4) is 11.5 Å². The Morgan fingerprint density at radius 1 is 1.07 bits per heavy atom. The van der Waals surface area contributed by atoms with Crippen molar-refractivity contribution >= 4 is 17.5 Å². The summed E-state index contributed by atoms with van der Waals surface area (Å²) in [6.07, 6.45) is 3.18. The highest BCUT2D eigenvalue weighted by molar-refractivity contribution is 5.94. The molecule has 1 fully saturated rings. The van der Waals surface area contributed by atoms with Crippen molar-refractivity contribution in [1.29, 1.82) is 0 Å². The van der Waals surface area contributed by atoms with E-state index in [1.165, 1.54) is 12.3 Å². The van der Waals surface area contributed by atoms with Crippen molar-refractivity contribution < 1.29 is 18.0 Å². The number of benzene rings is 2. The number of amides is 1. The van der Waals surface area contributed by atoms with Crippen LogP contribution >= 0.6 is 0 Å². The molecule has 0 unspecified atom stereocenters. The number of rotatable bonds is 5. The van der Waals surface area contributed by atoms with Crippen molar-refractivity contribution in [2.45, 2.75) is 18.9 Å². The third-order valence-electron chi connectivity index (χ3n) is 4.77. The van der Waals surface area contributed by atoms with Gasteiger partial charge in [-0.15, -0.1) is 0 Å². The molecule has 0 radical (unpaired) electrons. The van der Waals surface area contributed by atoms with E-state index in [0.29, 0.717) is 11.3 Å². The number of hydrogen-bond acceptors (Lipinski definition) is 5. The summed E-state index contributed by atoms with van der Waals surface area (Å²) in [5.41, 5.74) is 0.895. The smallest absolute Gasteiger partial charge is 0.251 e. The predicted octanol–water partition coefficient (Wildman–Crippen LogP) is 3.85. The minimum atomic E-state index is -0.748. The summed E-state index contributed by atoms with van der Waals surface area (Å²) in [6.45, 7) is 1.81. The summed E-state index contributed by atoms with van der Waals surface area (Å²) in [5, 5.41) is 9.27. The lowest BCUT2D eigenvalue weighted by Crippen LogP contribution is -2.42. The Morgan fingerprint density at radius 2 is 1.76 bits per heavy atom. The van der Waals surface area contributed by atoms with Gasteiger partial charge in [0.2, 0.25) is 11.8 Å². The Morgan fingerprint density at radius 3 is 2.45 bits per heavy atom. The molecule has 1 aliphatic rings. The third kappa shape index (κ3) is 4.43. The molecule has 1 aromatic heterocycles. The van der Waals surface area contributed by atoms with Gasteiger partial charge in [0.15, 0.2) is 0 Å². The van der Waals surface area contributed by atoms with Gasteiger partial charge < -0.3 is 20.4 Å². The van der Waals surface area contributed by atoms with Crippen LogP contribution in [0.4, 0.5) is 20.4 Å². The largest absolute Gasteiger partial charge is 0.420 e. The lowest BCUT2D eigenvalue weighted by atomic mass is 10.1. The molecule has 8 heteroatoms. The first kappa shape index (κ1) is 19.1. The third-order valence-corrected chi connectivity index (χ3v) is 4.77. The zero-order valence-electron chi connectivity index (χ0n) is 15.5. The Bertz CT molecular complexity index is 978. The molecule has 0 aliphatic carbocycles. The minimum Gasteiger partial charge on any atom is -0.420 e. The lowest BCUT2D eigenvalue weighted by Gasteiger charge is -2.23. The van der Waals surface area contributed by atoms with Crippen molar-refractivity contribution in [3.63, 3.8) is 0 Å². The second kappa shape index (κ2) is 8.40. The summed E-state index contributed by atoms with van der Waals surface area (Å²) >= 11 is 0. The van der Waals surface area contributed by atoms with Gasteiger partial charge in [-0.1, -0.05) is 6.07 Å². The molecule has 29 heavy (non-hydrogen) atoms. The van der Waals surface area contributed by atoms with E-state index < -0.39 is 11.6 Å². The fourth-order valence-corrected chi connectivity index (χ4v) is 3.23. The van der Waals surface area contributed by atoms with Crippen LogP contribution < -0.4 is 16.0 Å². The average Bonchev–Trinajstić information content (AvgIpc) is 3.17. The lowest BCUT2D eigenvalue weighted by molar-refractivity contribution is 0.0929. The number of piperidine rings is 1.